The van der Waals surface area contributed by atoms with E-state index in [9.17, 15) is 0 Å². The molecule has 0 bridgehead atoms. The van der Waals surface area contributed by atoms with Crippen LogP contribution in [0.25, 0.3) is 0 Å². The SMILES string of the molecule is Cn1ccc(CCNc2cc(C(N)=S)ccn2)n1. The summed E-state index contributed by atoms with van der Waals surface area (Å²) in [5.41, 5.74) is 7.44. The predicted octanol–water partition coefficient (Wildman–Crippen LogP) is 1.10. The van der Waals surface area contributed by atoms with Gasteiger partial charge in [-0.1, -0.05) is 12.2 Å². The maximum Gasteiger partial charge on any atom is 0.126 e. The molecule has 2 aromatic rings. The van der Waals surface area contributed by atoms with Gasteiger partial charge in [-0.15, -0.1) is 0 Å². The topological polar surface area (TPSA) is 68.8 Å². The molecule has 0 aliphatic rings. The van der Waals surface area contributed by atoms with Crippen molar-refractivity contribution in [2.45, 2.75) is 6.42 Å². The van der Waals surface area contributed by atoms with Crippen LogP contribution in [0.3, 0.4) is 0 Å². The second-order valence-corrected chi connectivity index (χ2v) is 4.39. The van der Waals surface area contributed by atoms with Crippen molar-refractivity contribution < 1.29 is 0 Å². The van der Waals surface area contributed by atoms with Crippen LogP contribution in [-0.4, -0.2) is 26.3 Å². The molecule has 2 aromatic heterocycles. The van der Waals surface area contributed by atoms with Crippen LogP contribution in [0, 0.1) is 0 Å². The van der Waals surface area contributed by atoms with E-state index in [1.165, 1.54) is 0 Å². The molecule has 0 aromatic carbocycles. The van der Waals surface area contributed by atoms with Crippen molar-refractivity contribution in [2.24, 2.45) is 12.8 Å². The first kappa shape index (κ1) is 12.5. The lowest BCUT2D eigenvalue weighted by Crippen LogP contribution is -2.11. The first-order valence-electron chi connectivity index (χ1n) is 5.63. The molecule has 2 rings (SSSR count). The average Bonchev–Trinajstić information content (AvgIpc) is 2.75. The Labute approximate surface area is 111 Å². The summed E-state index contributed by atoms with van der Waals surface area (Å²) in [6, 6.07) is 5.65. The van der Waals surface area contributed by atoms with E-state index >= 15 is 0 Å². The molecule has 2 heterocycles. The molecule has 0 atom stereocenters. The predicted molar refractivity (Wildman–Crippen MR) is 75.5 cm³/mol. The normalized spacial score (nSPS) is 10.3. The van der Waals surface area contributed by atoms with E-state index in [2.05, 4.69) is 15.4 Å². The first-order valence-corrected chi connectivity index (χ1v) is 6.04. The molecular weight excluding hydrogens is 246 g/mol. The molecule has 3 N–H and O–H groups in total. The molecule has 0 unspecified atom stereocenters. The van der Waals surface area contributed by atoms with E-state index in [0.717, 1.165) is 30.0 Å². The zero-order chi connectivity index (χ0) is 13.0. The third-order valence-corrected chi connectivity index (χ3v) is 2.74. The fraction of sp³-hybridized carbons (Fsp3) is 0.250. The van der Waals surface area contributed by atoms with Gasteiger partial charge in [-0.3, -0.25) is 4.68 Å². The van der Waals surface area contributed by atoms with Crippen molar-refractivity contribution >= 4 is 23.0 Å². The number of rotatable bonds is 5. The van der Waals surface area contributed by atoms with Gasteiger partial charge in [-0.05, 0) is 18.2 Å². The number of thiocarbonyl (C=S) groups is 1. The fourth-order valence-electron chi connectivity index (χ4n) is 1.60. The van der Waals surface area contributed by atoms with Crippen LogP contribution in [0.1, 0.15) is 11.3 Å². The van der Waals surface area contributed by atoms with Gasteiger partial charge in [0.2, 0.25) is 0 Å². The molecule has 18 heavy (non-hydrogen) atoms. The van der Waals surface area contributed by atoms with E-state index in [4.69, 9.17) is 18.0 Å². The summed E-state index contributed by atoms with van der Waals surface area (Å²) < 4.78 is 1.79. The maximum atomic E-state index is 5.57. The Morgan fingerprint density at radius 2 is 2.33 bits per heavy atom. The van der Waals surface area contributed by atoms with Crippen LogP contribution in [0.5, 0.6) is 0 Å². The Hall–Kier alpha value is -1.95. The Morgan fingerprint density at radius 3 is 3.00 bits per heavy atom. The van der Waals surface area contributed by atoms with Crippen molar-refractivity contribution in [3.63, 3.8) is 0 Å². The molecule has 0 fully saturated rings. The highest BCUT2D eigenvalue weighted by Crippen LogP contribution is 2.07. The lowest BCUT2D eigenvalue weighted by Gasteiger charge is -2.05. The molecule has 0 saturated carbocycles. The molecule has 0 aliphatic carbocycles. The number of pyridine rings is 1. The summed E-state index contributed by atoms with van der Waals surface area (Å²) in [5.74, 6) is 0.774. The fourth-order valence-corrected chi connectivity index (χ4v) is 1.72. The lowest BCUT2D eigenvalue weighted by atomic mass is 10.2. The van der Waals surface area contributed by atoms with Gasteiger partial charge in [-0.25, -0.2) is 4.98 Å². The van der Waals surface area contributed by atoms with E-state index in [0.29, 0.717) is 4.99 Å². The molecule has 0 aliphatic heterocycles. The summed E-state index contributed by atoms with van der Waals surface area (Å²) in [7, 11) is 1.91. The third-order valence-electron chi connectivity index (χ3n) is 2.50. The molecule has 94 valence electrons. The monoisotopic (exact) mass is 261 g/mol. The maximum absolute atomic E-state index is 5.57. The quantitative estimate of drug-likeness (QED) is 0.789. The number of aromatic nitrogens is 3. The smallest absolute Gasteiger partial charge is 0.126 e. The third kappa shape index (κ3) is 3.27. The molecule has 5 nitrogen and oxygen atoms in total. The summed E-state index contributed by atoms with van der Waals surface area (Å²) in [5, 5.41) is 7.53. The molecule has 0 amide bonds. The summed E-state index contributed by atoms with van der Waals surface area (Å²) in [6.45, 7) is 0.769. The van der Waals surface area contributed by atoms with Gasteiger partial charge in [0.1, 0.15) is 10.8 Å². The first-order chi connectivity index (χ1) is 8.65. The summed E-state index contributed by atoms with van der Waals surface area (Å²) in [6.07, 6.45) is 4.47. The number of nitrogens with zero attached hydrogens (tertiary/aromatic N) is 3. The van der Waals surface area contributed by atoms with Crippen molar-refractivity contribution in [2.75, 3.05) is 11.9 Å². The Bertz CT molecular complexity index is 549. The molecule has 0 spiro atoms. The highest BCUT2D eigenvalue weighted by molar-refractivity contribution is 7.80. The minimum atomic E-state index is 0.380. The highest BCUT2D eigenvalue weighted by atomic mass is 32.1. The van der Waals surface area contributed by atoms with Gasteiger partial charge in [0.15, 0.2) is 0 Å². The van der Waals surface area contributed by atoms with Crippen molar-refractivity contribution in [3.05, 3.63) is 41.9 Å². The molecule has 0 saturated heterocycles. The van der Waals surface area contributed by atoms with E-state index in [-0.39, 0.29) is 0 Å². The van der Waals surface area contributed by atoms with Crippen molar-refractivity contribution in [3.8, 4) is 0 Å². The molecular formula is C12H15N5S. The van der Waals surface area contributed by atoms with Gasteiger partial charge >= 0.3 is 0 Å². The van der Waals surface area contributed by atoms with Crippen LogP contribution >= 0.6 is 12.2 Å². The minimum absolute atomic E-state index is 0.380. The number of nitrogens with one attached hydrogen (secondary N) is 1. The second kappa shape index (κ2) is 5.59. The largest absolute Gasteiger partial charge is 0.389 e. The highest BCUT2D eigenvalue weighted by Gasteiger charge is 2.00. The van der Waals surface area contributed by atoms with E-state index < -0.39 is 0 Å². The average molecular weight is 261 g/mol. The lowest BCUT2D eigenvalue weighted by molar-refractivity contribution is 0.742. The number of hydrogen-bond donors (Lipinski definition) is 2. The van der Waals surface area contributed by atoms with E-state index in [1.54, 1.807) is 16.9 Å². The number of anilines is 1. The Balaban J connectivity index is 1.90. The van der Waals surface area contributed by atoms with Gasteiger partial charge in [0.25, 0.3) is 0 Å². The second-order valence-electron chi connectivity index (χ2n) is 3.95. The number of nitrogens with two attached hydrogens (primary N) is 1. The standard InChI is InChI=1S/C12H15N5S/c1-17-7-4-10(16-17)3-6-15-11-8-9(12(13)18)2-5-14-11/h2,4-5,7-8H,3,6H2,1H3,(H2,13,18)(H,14,15). The van der Waals surface area contributed by atoms with Crippen LogP contribution in [-0.2, 0) is 13.5 Å². The van der Waals surface area contributed by atoms with E-state index in [1.807, 2.05) is 25.4 Å². The number of aryl methyl sites for hydroxylation is 1. The Morgan fingerprint density at radius 1 is 1.50 bits per heavy atom. The van der Waals surface area contributed by atoms with Crippen LogP contribution in [0.4, 0.5) is 5.82 Å². The number of hydrogen-bond acceptors (Lipinski definition) is 4. The van der Waals surface area contributed by atoms with Crippen LogP contribution in [0.2, 0.25) is 0 Å². The van der Waals surface area contributed by atoms with Gasteiger partial charge in [0.05, 0.1) is 5.69 Å². The molecule has 6 heteroatoms. The van der Waals surface area contributed by atoms with Gasteiger partial charge in [0, 0.05) is 38.0 Å². The van der Waals surface area contributed by atoms with Crippen molar-refractivity contribution in [1.82, 2.24) is 14.8 Å². The van der Waals surface area contributed by atoms with Crippen LogP contribution in [0.15, 0.2) is 30.6 Å². The van der Waals surface area contributed by atoms with Gasteiger partial charge in [-0.2, -0.15) is 5.10 Å². The summed E-state index contributed by atoms with van der Waals surface area (Å²) >= 11 is 4.92. The van der Waals surface area contributed by atoms with Crippen LogP contribution < -0.4 is 11.1 Å². The molecule has 0 radical (unpaired) electrons. The van der Waals surface area contributed by atoms with Gasteiger partial charge < -0.3 is 11.1 Å². The zero-order valence-electron chi connectivity index (χ0n) is 10.1. The van der Waals surface area contributed by atoms with Crippen molar-refractivity contribution in [1.29, 1.82) is 0 Å². The zero-order valence-corrected chi connectivity index (χ0v) is 10.9. The Kier molecular flexibility index (Phi) is 3.88. The summed E-state index contributed by atoms with van der Waals surface area (Å²) in [4.78, 5) is 4.59. The minimum Gasteiger partial charge on any atom is -0.389 e.